The van der Waals surface area contributed by atoms with Crippen LogP contribution in [0.5, 0.6) is 0 Å². The van der Waals surface area contributed by atoms with Crippen LogP contribution in [0.1, 0.15) is 31.4 Å². The number of nitrogens with two attached hydrogens (primary N) is 2. The van der Waals surface area contributed by atoms with Crippen LogP contribution in [-0.2, 0) is 6.42 Å². The van der Waals surface area contributed by atoms with Crippen molar-refractivity contribution in [1.82, 2.24) is 0 Å². The molecule has 4 heteroatoms. The van der Waals surface area contributed by atoms with Gasteiger partial charge in [0.05, 0.1) is 0 Å². The zero-order valence-corrected chi connectivity index (χ0v) is 12.9. The van der Waals surface area contributed by atoms with Crippen LogP contribution in [0, 0.1) is 0 Å². The van der Waals surface area contributed by atoms with Crippen LogP contribution in [0.4, 0.5) is 0 Å². The van der Waals surface area contributed by atoms with Crippen molar-refractivity contribution in [3.05, 3.63) is 47.2 Å². The summed E-state index contributed by atoms with van der Waals surface area (Å²) in [5.41, 5.74) is 14.0. The monoisotopic (exact) mass is 274 g/mol. The van der Waals surface area contributed by atoms with Crippen molar-refractivity contribution in [3.63, 3.8) is 0 Å². The summed E-state index contributed by atoms with van der Waals surface area (Å²) in [4.78, 5) is 7.85. The minimum Gasteiger partial charge on any atom is -0.403 e. The Bertz CT molecular complexity index is 452. The molecular weight excluding hydrogens is 248 g/mol. The highest BCUT2D eigenvalue weighted by Gasteiger charge is 1.96. The normalized spacial score (nSPS) is 12.2. The van der Waals surface area contributed by atoms with Gasteiger partial charge >= 0.3 is 0 Å². The van der Waals surface area contributed by atoms with Crippen molar-refractivity contribution in [2.75, 3.05) is 14.1 Å². The van der Waals surface area contributed by atoms with E-state index in [0.29, 0.717) is 5.84 Å². The molecule has 0 fully saturated rings. The van der Waals surface area contributed by atoms with Crippen LogP contribution >= 0.6 is 0 Å². The van der Waals surface area contributed by atoms with E-state index in [2.05, 4.69) is 16.9 Å². The van der Waals surface area contributed by atoms with E-state index in [-0.39, 0.29) is 0 Å². The van der Waals surface area contributed by atoms with Crippen LogP contribution in [0.25, 0.3) is 0 Å². The molecule has 0 aliphatic rings. The number of allylic oxidation sites excluding steroid dienone is 2. The summed E-state index contributed by atoms with van der Waals surface area (Å²) in [7, 11) is 3.46. The first-order valence-corrected chi connectivity index (χ1v) is 6.69. The van der Waals surface area contributed by atoms with Crippen LogP contribution in [0.15, 0.2) is 46.0 Å². The Kier molecular flexibility index (Phi) is 9.66. The first-order valence-electron chi connectivity index (χ1n) is 6.69. The molecule has 1 aromatic carbocycles. The average Bonchev–Trinajstić information content (AvgIpc) is 2.45. The van der Waals surface area contributed by atoms with Gasteiger partial charge in [-0.1, -0.05) is 37.3 Å². The second kappa shape index (κ2) is 10.8. The Balaban J connectivity index is 0.000000511. The number of hydrogen-bond acceptors (Lipinski definition) is 3. The standard InChI is InChI=1S/C11H15N3.C5H11N/c1-13-8-7-9-3-5-10(6-4-9)11(12)14-2;1-3-4-5(2)6/h3-6,8H,7H2,1-2H3,(H2,12,14);4H,3,6H2,1-2H3/b;5-4+. The van der Waals surface area contributed by atoms with Crippen molar-refractivity contribution in [1.29, 1.82) is 0 Å². The van der Waals surface area contributed by atoms with Gasteiger partial charge in [-0.2, -0.15) is 0 Å². The molecule has 0 atom stereocenters. The first kappa shape index (κ1) is 17.9. The summed E-state index contributed by atoms with van der Waals surface area (Å²) in [6.07, 6.45) is 5.77. The predicted molar refractivity (Wildman–Crippen MR) is 89.4 cm³/mol. The fourth-order valence-corrected chi connectivity index (χ4v) is 1.46. The van der Waals surface area contributed by atoms with E-state index in [4.69, 9.17) is 11.5 Å². The molecule has 20 heavy (non-hydrogen) atoms. The van der Waals surface area contributed by atoms with Gasteiger partial charge in [0.15, 0.2) is 0 Å². The molecule has 0 unspecified atom stereocenters. The van der Waals surface area contributed by atoms with Gasteiger partial charge < -0.3 is 16.5 Å². The van der Waals surface area contributed by atoms with Gasteiger partial charge in [0.25, 0.3) is 0 Å². The van der Waals surface area contributed by atoms with Crippen molar-refractivity contribution >= 4 is 12.1 Å². The molecule has 4 nitrogen and oxygen atoms in total. The third kappa shape index (κ3) is 8.08. The third-order valence-electron chi connectivity index (χ3n) is 2.53. The van der Waals surface area contributed by atoms with Crippen LogP contribution < -0.4 is 11.5 Å². The van der Waals surface area contributed by atoms with E-state index in [1.165, 1.54) is 5.56 Å². The van der Waals surface area contributed by atoms with Crippen molar-refractivity contribution in [2.45, 2.75) is 26.7 Å². The van der Waals surface area contributed by atoms with Gasteiger partial charge in [-0.25, -0.2) is 0 Å². The zero-order chi connectivity index (χ0) is 15.4. The molecule has 0 radical (unpaired) electrons. The lowest BCUT2D eigenvalue weighted by Gasteiger charge is -2.00. The van der Waals surface area contributed by atoms with E-state index < -0.39 is 0 Å². The predicted octanol–water partition coefficient (Wildman–Crippen LogP) is 2.52. The zero-order valence-electron chi connectivity index (χ0n) is 12.9. The maximum Gasteiger partial charge on any atom is 0.125 e. The van der Waals surface area contributed by atoms with Gasteiger partial charge in [0.2, 0.25) is 0 Å². The maximum atomic E-state index is 5.67. The second-order valence-electron chi connectivity index (χ2n) is 4.31. The molecule has 0 bridgehead atoms. The van der Waals surface area contributed by atoms with E-state index in [9.17, 15) is 0 Å². The molecule has 0 amide bonds. The number of nitrogens with zero attached hydrogens (tertiary/aromatic N) is 2. The fourth-order valence-electron chi connectivity index (χ4n) is 1.46. The fraction of sp³-hybridized carbons (Fsp3) is 0.375. The highest BCUT2D eigenvalue weighted by Crippen LogP contribution is 2.04. The summed E-state index contributed by atoms with van der Waals surface area (Å²) >= 11 is 0. The van der Waals surface area contributed by atoms with Crippen molar-refractivity contribution in [3.8, 4) is 0 Å². The molecule has 0 aromatic heterocycles. The minimum atomic E-state index is 0.570. The quantitative estimate of drug-likeness (QED) is 0.654. The maximum absolute atomic E-state index is 5.67. The third-order valence-corrected chi connectivity index (χ3v) is 2.53. The number of aliphatic imine (C=N–C) groups is 2. The Labute approximate surface area is 122 Å². The van der Waals surface area contributed by atoms with Crippen molar-refractivity contribution < 1.29 is 0 Å². The minimum absolute atomic E-state index is 0.570. The highest BCUT2D eigenvalue weighted by atomic mass is 14.8. The SMILES string of the molecule is CC/C=C(\C)N.CN=CCc1ccc(C(N)=NC)cc1. The number of benzene rings is 1. The van der Waals surface area contributed by atoms with Crippen LogP contribution in [0.3, 0.4) is 0 Å². The molecule has 4 N–H and O–H groups in total. The van der Waals surface area contributed by atoms with E-state index in [0.717, 1.165) is 24.1 Å². The molecule has 1 rings (SSSR count). The topological polar surface area (TPSA) is 76.8 Å². The Morgan fingerprint density at radius 2 is 1.75 bits per heavy atom. The molecule has 0 saturated heterocycles. The Morgan fingerprint density at radius 1 is 1.15 bits per heavy atom. The Hall–Kier alpha value is -2.10. The van der Waals surface area contributed by atoms with Gasteiger partial charge in [-0.05, 0) is 18.9 Å². The van der Waals surface area contributed by atoms with Crippen LogP contribution in [0.2, 0.25) is 0 Å². The molecule has 1 aromatic rings. The summed E-state index contributed by atoms with van der Waals surface area (Å²) < 4.78 is 0. The summed E-state index contributed by atoms with van der Waals surface area (Å²) in [5, 5.41) is 0. The summed E-state index contributed by atoms with van der Waals surface area (Å²) in [6, 6.07) is 8.02. The lowest BCUT2D eigenvalue weighted by molar-refractivity contribution is 1.16. The average molecular weight is 274 g/mol. The summed E-state index contributed by atoms with van der Waals surface area (Å²) in [6.45, 7) is 3.96. The smallest absolute Gasteiger partial charge is 0.125 e. The van der Waals surface area contributed by atoms with Gasteiger partial charge in [0, 0.05) is 38.0 Å². The molecule has 110 valence electrons. The molecule has 0 aliphatic carbocycles. The largest absolute Gasteiger partial charge is 0.403 e. The molecule has 0 saturated carbocycles. The lowest BCUT2D eigenvalue weighted by Crippen LogP contribution is -2.12. The molecular formula is C16H26N4. The van der Waals surface area contributed by atoms with E-state index >= 15 is 0 Å². The second-order valence-corrected chi connectivity index (χ2v) is 4.31. The highest BCUT2D eigenvalue weighted by molar-refractivity contribution is 5.97. The molecule has 0 aliphatic heterocycles. The van der Waals surface area contributed by atoms with Gasteiger partial charge in [-0.15, -0.1) is 0 Å². The van der Waals surface area contributed by atoms with E-state index in [1.807, 2.05) is 43.5 Å². The Morgan fingerprint density at radius 3 is 2.10 bits per heavy atom. The van der Waals surface area contributed by atoms with E-state index in [1.54, 1.807) is 14.1 Å². The van der Waals surface area contributed by atoms with Gasteiger partial charge in [0.1, 0.15) is 5.84 Å². The molecule has 0 heterocycles. The first-order chi connectivity index (χ1) is 9.54. The lowest BCUT2D eigenvalue weighted by atomic mass is 10.1. The summed E-state index contributed by atoms with van der Waals surface area (Å²) in [5.74, 6) is 0.570. The number of amidine groups is 1. The van der Waals surface area contributed by atoms with Gasteiger partial charge in [-0.3, -0.25) is 4.99 Å². The number of hydrogen-bond donors (Lipinski definition) is 2. The van der Waals surface area contributed by atoms with Crippen molar-refractivity contribution in [2.24, 2.45) is 21.5 Å². The molecule has 0 spiro atoms. The number of rotatable bonds is 4. The van der Waals surface area contributed by atoms with Crippen LogP contribution in [-0.4, -0.2) is 26.1 Å².